The van der Waals surface area contributed by atoms with Crippen molar-refractivity contribution in [3.8, 4) is 5.88 Å². The molecule has 2 heterocycles. The van der Waals surface area contributed by atoms with Crippen molar-refractivity contribution in [2.75, 3.05) is 32.8 Å². The number of hydrogen-bond acceptors (Lipinski definition) is 4. The van der Waals surface area contributed by atoms with Crippen LogP contribution in [0.2, 0.25) is 0 Å². The van der Waals surface area contributed by atoms with Gasteiger partial charge in [-0.2, -0.15) is 0 Å². The van der Waals surface area contributed by atoms with E-state index in [0.717, 1.165) is 12.1 Å². The van der Waals surface area contributed by atoms with Crippen molar-refractivity contribution < 1.29 is 23.1 Å². The van der Waals surface area contributed by atoms with E-state index in [9.17, 15) is 18.4 Å². The molecule has 27 heavy (non-hydrogen) atoms. The molecule has 0 aliphatic carbocycles. The van der Waals surface area contributed by atoms with Crippen LogP contribution in [0.3, 0.4) is 0 Å². The number of carbonyl (C=O) groups is 2. The summed E-state index contributed by atoms with van der Waals surface area (Å²) in [6, 6.07) is 6.37. The Morgan fingerprint density at radius 3 is 2.07 bits per heavy atom. The van der Waals surface area contributed by atoms with Gasteiger partial charge in [0.1, 0.15) is 0 Å². The minimum Gasteiger partial charge on any atom is -0.478 e. The lowest BCUT2D eigenvalue weighted by atomic mass is 10.1. The summed E-state index contributed by atoms with van der Waals surface area (Å²) in [4.78, 5) is 32.2. The minimum absolute atomic E-state index is 0.0874. The summed E-state index contributed by atoms with van der Waals surface area (Å²) in [5.74, 6) is -2.16. The number of piperazine rings is 1. The van der Waals surface area contributed by atoms with E-state index in [1.54, 1.807) is 17.0 Å². The van der Waals surface area contributed by atoms with Gasteiger partial charge in [-0.15, -0.1) is 0 Å². The van der Waals surface area contributed by atoms with Crippen molar-refractivity contribution in [3.63, 3.8) is 0 Å². The number of aromatic nitrogens is 1. The van der Waals surface area contributed by atoms with Gasteiger partial charge in [0.15, 0.2) is 11.6 Å². The quantitative estimate of drug-likeness (QED) is 0.823. The predicted octanol–water partition coefficient (Wildman–Crippen LogP) is 2.36. The fourth-order valence-corrected chi connectivity index (χ4v) is 2.85. The van der Waals surface area contributed by atoms with E-state index < -0.39 is 11.6 Å². The summed E-state index contributed by atoms with van der Waals surface area (Å²) < 4.78 is 31.6. The van der Waals surface area contributed by atoms with E-state index >= 15 is 0 Å². The summed E-state index contributed by atoms with van der Waals surface area (Å²) >= 11 is 0. The molecule has 0 saturated carbocycles. The number of nitrogens with zero attached hydrogens (tertiary/aromatic N) is 3. The number of ether oxygens (including phenoxy) is 1. The van der Waals surface area contributed by atoms with Crippen LogP contribution in [0.15, 0.2) is 36.5 Å². The average molecular weight is 375 g/mol. The molecule has 6 nitrogen and oxygen atoms in total. The highest BCUT2D eigenvalue weighted by Gasteiger charge is 2.26. The highest BCUT2D eigenvalue weighted by molar-refractivity contribution is 5.95. The van der Waals surface area contributed by atoms with Crippen LogP contribution < -0.4 is 4.74 Å². The van der Waals surface area contributed by atoms with Crippen LogP contribution in [0, 0.1) is 11.6 Å². The predicted molar refractivity (Wildman–Crippen MR) is 93.6 cm³/mol. The Morgan fingerprint density at radius 1 is 0.963 bits per heavy atom. The molecule has 1 saturated heterocycles. The van der Waals surface area contributed by atoms with Gasteiger partial charge in [-0.25, -0.2) is 13.8 Å². The Hall–Kier alpha value is -3.03. The first-order valence-corrected chi connectivity index (χ1v) is 8.62. The number of benzene rings is 1. The zero-order valence-corrected chi connectivity index (χ0v) is 14.8. The lowest BCUT2D eigenvalue weighted by molar-refractivity contribution is 0.0535. The molecule has 1 aliphatic heterocycles. The lowest BCUT2D eigenvalue weighted by Gasteiger charge is -2.34. The molecule has 0 N–H and O–H groups in total. The van der Waals surface area contributed by atoms with Crippen molar-refractivity contribution >= 4 is 11.8 Å². The fourth-order valence-electron chi connectivity index (χ4n) is 2.85. The van der Waals surface area contributed by atoms with Gasteiger partial charge in [0.05, 0.1) is 12.2 Å². The van der Waals surface area contributed by atoms with Crippen molar-refractivity contribution in [1.82, 2.24) is 14.8 Å². The molecule has 0 spiro atoms. The van der Waals surface area contributed by atoms with E-state index in [-0.39, 0.29) is 17.4 Å². The topological polar surface area (TPSA) is 62.7 Å². The van der Waals surface area contributed by atoms with Crippen LogP contribution in [0.25, 0.3) is 0 Å². The molecule has 1 fully saturated rings. The molecule has 3 rings (SSSR count). The standard InChI is InChI=1S/C19H19F2N3O3/c1-2-27-17-6-4-14(12-22-17)19(26)24-9-7-23(8-10-24)18(25)13-3-5-15(20)16(21)11-13/h3-6,11-12H,2,7-10H2,1H3. The Balaban J connectivity index is 1.60. The smallest absolute Gasteiger partial charge is 0.255 e. The Labute approximate surface area is 155 Å². The average Bonchev–Trinajstić information content (AvgIpc) is 2.70. The zero-order chi connectivity index (χ0) is 19.4. The highest BCUT2D eigenvalue weighted by Crippen LogP contribution is 2.15. The van der Waals surface area contributed by atoms with Gasteiger partial charge in [0.2, 0.25) is 5.88 Å². The maximum Gasteiger partial charge on any atom is 0.255 e. The number of halogens is 2. The molecule has 0 atom stereocenters. The summed E-state index contributed by atoms with van der Waals surface area (Å²) in [6.07, 6.45) is 1.46. The first kappa shape index (κ1) is 18.8. The molecule has 1 aliphatic rings. The second-order valence-electron chi connectivity index (χ2n) is 6.03. The van der Waals surface area contributed by atoms with Gasteiger partial charge in [0, 0.05) is 44.0 Å². The maximum atomic E-state index is 13.3. The Bertz CT molecular complexity index is 835. The Morgan fingerprint density at radius 2 is 1.56 bits per heavy atom. The number of rotatable bonds is 4. The van der Waals surface area contributed by atoms with E-state index in [0.29, 0.717) is 44.2 Å². The third-order valence-electron chi connectivity index (χ3n) is 4.30. The zero-order valence-electron chi connectivity index (χ0n) is 14.8. The molecule has 1 aromatic carbocycles. The third-order valence-corrected chi connectivity index (χ3v) is 4.30. The number of hydrogen-bond donors (Lipinski definition) is 0. The molecule has 0 radical (unpaired) electrons. The molecular formula is C19H19F2N3O3. The summed E-state index contributed by atoms with van der Waals surface area (Å²) in [7, 11) is 0. The second-order valence-corrected chi connectivity index (χ2v) is 6.03. The van der Waals surface area contributed by atoms with Gasteiger partial charge in [-0.05, 0) is 31.2 Å². The molecule has 1 aromatic heterocycles. The van der Waals surface area contributed by atoms with Crippen LogP contribution in [-0.4, -0.2) is 59.4 Å². The monoisotopic (exact) mass is 375 g/mol. The van der Waals surface area contributed by atoms with Crippen LogP contribution in [-0.2, 0) is 0 Å². The van der Waals surface area contributed by atoms with E-state index in [2.05, 4.69) is 4.98 Å². The molecule has 0 bridgehead atoms. The third kappa shape index (κ3) is 4.21. The highest BCUT2D eigenvalue weighted by atomic mass is 19.2. The summed E-state index contributed by atoms with van der Waals surface area (Å²) in [5, 5.41) is 0. The number of carbonyl (C=O) groups excluding carboxylic acids is 2. The number of pyridine rings is 1. The van der Waals surface area contributed by atoms with Gasteiger partial charge in [0.25, 0.3) is 11.8 Å². The van der Waals surface area contributed by atoms with Crippen LogP contribution >= 0.6 is 0 Å². The Kier molecular flexibility index (Phi) is 5.63. The molecule has 142 valence electrons. The van der Waals surface area contributed by atoms with Crippen molar-refractivity contribution in [2.24, 2.45) is 0 Å². The molecule has 2 amide bonds. The van der Waals surface area contributed by atoms with Crippen molar-refractivity contribution in [1.29, 1.82) is 0 Å². The maximum absolute atomic E-state index is 13.3. The van der Waals surface area contributed by atoms with E-state index in [4.69, 9.17) is 4.74 Å². The fraction of sp³-hybridized carbons (Fsp3) is 0.316. The van der Waals surface area contributed by atoms with Crippen LogP contribution in [0.5, 0.6) is 5.88 Å². The summed E-state index contributed by atoms with van der Waals surface area (Å²) in [5.41, 5.74) is 0.531. The largest absolute Gasteiger partial charge is 0.478 e. The van der Waals surface area contributed by atoms with Crippen LogP contribution in [0.1, 0.15) is 27.6 Å². The van der Waals surface area contributed by atoms with E-state index in [1.165, 1.54) is 17.2 Å². The van der Waals surface area contributed by atoms with Gasteiger partial charge in [-0.1, -0.05) is 0 Å². The molecular weight excluding hydrogens is 356 g/mol. The molecule has 8 heteroatoms. The van der Waals surface area contributed by atoms with Gasteiger partial charge >= 0.3 is 0 Å². The minimum atomic E-state index is -1.06. The van der Waals surface area contributed by atoms with Crippen molar-refractivity contribution in [2.45, 2.75) is 6.92 Å². The first-order valence-electron chi connectivity index (χ1n) is 8.62. The number of amides is 2. The second kappa shape index (κ2) is 8.11. The van der Waals surface area contributed by atoms with Gasteiger partial charge < -0.3 is 14.5 Å². The van der Waals surface area contributed by atoms with Crippen LogP contribution in [0.4, 0.5) is 8.78 Å². The molecule has 2 aromatic rings. The molecule has 0 unspecified atom stereocenters. The normalized spacial score (nSPS) is 14.2. The van der Waals surface area contributed by atoms with Crippen molar-refractivity contribution in [3.05, 3.63) is 59.3 Å². The SMILES string of the molecule is CCOc1ccc(C(=O)N2CCN(C(=O)c3ccc(F)c(F)c3)CC2)cn1. The summed E-state index contributed by atoms with van der Waals surface area (Å²) in [6.45, 7) is 3.67. The lowest BCUT2D eigenvalue weighted by Crippen LogP contribution is -2.50. The first-order chi connectivity index (χ1) is 13.0. The van der Waals surface area contributed by atoms with E-state index in [1.807, 2.05) is 6.92 Å². The van der Waals surface area contributed by atoms with Gasteiger partial charge in [-0.3, -0.25) is 9.59 Å².